The highest BCUT2D eigenvalue weighted by Gasteiger charge is 2.40. The number of hydrogen-bond acceptors (Lipinski definition) is 17. The highest BCUT2D eigenvalue weighted by atomic mass is 35.5. The second-order valence-corrected chi connectivity index (χ2v) is 17.2. The van der Waals surface area contributed by atoms with Crippen molar-refractivity contribution in [3.8, 4) is 0 Å². The number of dihydropyridines is 2. The number of esters is 4. The van der Waals surface area contributed by atoms with Gasteiger partial charge in [0.05, 0.1) is 58.2 Å². The van der Waals surface area contributed by atoms with Crippen LogP contribution in [0, 0.1) is 20.2 Å². The Hall–Kier alpha value is -8.20. The van der Waals surface area contributed by atoms with Gasteiger partial charge < -0.3 is 34.7 Å². The van der Waals surface area contributed by atoms with E-state index in [2.05, 4.69) is 10.6 Å². The highest BCUT2D eigenvalue weighted by Crippen LogP contribution is 2.41. The Labute approximate surface area is 441 Å². The van der Waals surface area contributed by atoms with Crippen molar-refractivity contribution in [2.45, 2.75) is 59.5 Å². The van der Waals surface area contributed by atoms with Gasteiger partial charge in [-0.1, -0.05) is 84.9 Å². The Kier molecular flexibility index (Phi) is 24.0. The summed E-state index contributed by atoms with van der Waals surface area (Å²) >= 11 is 0. The molecule has 3 N–H and O–H groups in total. The lowest BCUT2D eigenvalue weighted by molar-refractivity contribution is -0.385. The zero-order chi connectivity index (χ0) is 54.6. The van der Waals surface area contributed by atoms with Gasteiger partial charge in [0.15, 0.2) is 0 Å². The number of methoxy groups -OCH3 is 2. The summed E-state index contributed by atoms with van der Waals surface area (Å²) < 4.78 is 21.1. The Morgan fingerprint density at radius 1 is 0.547 bits per heavy atom. The number of nitro groups is 2. The van der Waals surface area contributed by atoms with Crippen LogP contribution in [0.4, 0.5) is 11.4 Å². The average molecular weight is 1060 g/mol. The molecular weight excluding hydrogens is 992 g/mol. The van der Waals surface area contributed by atoms with Crippen LogP contribution in [-0.2, 0) is 56.0 Å². The molecule has 6 rings (SSSR count). The summed E-state index contributed by atoms with van der Waals surface area (Å²) in [5.74, 6) is -5.06. The third-order valence-corrected chi connectivity index (χ3v) is 11.6. The molecule has 0 radical (unpaired) electrons. The number of carbonyl (C=O) groups excluding carboxylic acids is 4. The summed E-state index contributed by atoms with van der Waals surface area (Å²) in [5.41, 5.74) is 5.70. The number of aliphatic carboxylic acids is 1. The molecule has 2 aliphatic rings. The van der Waals surface area contributed by atoms with Crippen molar-refractivity contribution in [2.75, 3.05) is 54.6 Å². The maximum absolute atomic E-state index is 13.3. The molecule has 20 nitrogen and oxygen atoms in total. The number of carboxylic acid groups (broad SMARTS) is 1. The first-order valence-electron chi connectivity index (χ1n) is 23.2. The number of benzene rings is 4. The summed E-state index contributed by atoms with van der Waals surface area (Å²) in [4.78, 5) is 86.7. The second-order valence-electron chi connectivity index (χ2n) is 17.2. The van der Waals surface area contributed by atoms with Gasteiger partial charge in [-0.05, 0) is 64.0 Å². The number of halogens is 1. The molecule has 0 saturated carbocycles. The lowest BCUT2D eigenvalue weighted by Crippen LogP contribution is -2.33. The molecule has 75 heavy (non-hydrogen) atoms. The Morgan fingerprint density at radius 3 is 1.15 bits per heavy atom. The largest absolute Gasteiger partial charge is 0.481 e. The van der Waals surface area contributed by atoms with Gasteiger partial charge in [-0.15, -0.1) is 12.4 Å². The number of carboxylic acids is 1. The standard InChI is InChI=1S/2C26H29N3O6.C2H4O2.ClH/c2*1-17-22(25(30)34-4)24(20-11-8-12-21(15-20)29(32)33)23(18(2)27-17)26(31)35-14-13-28(3)16-19-9-6-5-7-10-19;1-2(3)4;/h2*5-12,15,24,27H,13-14,16H2,1-4H3;1H3,(H,3,4);1H. The first-order valence-corrected chi connectivity index (χ1v) is 23.2. The fourth-order valence-electron chi connectivity index (χ4n) is 8.28. The Bertz CT molecular complexity index is 2640. The number of rotatable bonds is 18. The molecule has 0 bridgehead atoms. The van der Waals surface area contributed by atoms with Gasteiger partial charge in [-0.2, -0.15) is 0 Å². The van der Waals surface area contributed by atoms with E-state index in [-0.39, 0.29) is 59.3 Å². The van der Waals surface area contributed by atoms with Crippen LogP contribution in [0.3, 0.4) is 0 Å². The van der Waals surface area contributed by atoms with Crippen molar-refractivity contribution in [1.29, 1.82) is 0 Å². The minimum absolute atomic E-state index is 0. The molecule has 0 spiro atoms. The third-order valence-electron chi connectivity index (χ3n) is 11.6. The van der Waals surface area contributed by atoms with E-state index in [1.807, 2.05) is 84.6 Å². The van der Waals surface area contributed by atoms with Crippen LogP contribution in [0.2, 0.25) is 0 Å². The van der Waals surface area contributed by atoms with Crippen LogP contribution in [0.15, 0.2) is 154 Å². The summed E-state index contributed by atoms with van der Waals surface area (Å²) in [6, 6.07) is 31.7. The molecule has 21 heteroatoms. The Balaban J connectivity index is 0.000000364. The summed E-state index contributed by atoms with van der Waals surface area (Å²) in [6.45, 7) is 10.6. The predicted octanol–water partition coefficient (Wildman–Crippen LogP) is 7.87. The molecule has 0 fully saturated rings. The maximum atomic E-state index is 13.3. The molecule has 4 aromatic rings. The maximum Gasteiger partial charge on any atom is 0.336 e. The van der Waals surface area contributed by atoms with Crippen molar-refractivity contribution < 1.29 is 57.9 Å². The van der Waals surface area contributed by atoms with Crippen molar-refractivity contribution in [3.05, 3.63) is 197 Å². The Morgan fingerprint density at radius 2 is 0.853 bits per heavy atom. The number of hydrogen-bond donors (Lipinski definition) is 3. The van der Waals surface area contributed by atoms with Crippen molar-refractivity contribution in [1.82, 2.24) is 20.4 Å². The average Bonchev–Trinajstić information content (AvgIpc) is 3.36. The first-order chi connectivity index (χ1) is 35.2. The number of carbonyl (C=O) groups is 5. The van der Waals surface area contributed by atoms with Crippen molar-refractivity contribution >= 4 is 53.6 Å². The van der Waals surface area contributed by atoms with E-state index >= 15 is 0 Å². The zero-order valence-corrected chi connectivity index (χ0v) is 44.1. The molecule has 2 heterocycles. The summed E-state index contributed by atoms with van der Waals surface area (Å²) in [6.07, 6.45) is 0. The summed E-state index contributed by atoms with van der Waals surface area (Å²) in [5, 5.41) is 36.3. The van der Waals surface area contributed by atoms with E-state index in [9.17, 15) is 39.4 Å². The summed E-state index contributed by atoms with van der Waals surface area (Å²) in [7, 11) is 6.36. The van der Waals surface area contributed by atoms with E-state index in [4.69, 9.17) is 28.8 Å². The smallest absolute Gasteiger partial charge is 0.336 e. The molecule has 2 aliphatic heterocycles. The first kappa shape index (κ1) is 61.1. The SMILES string of the molecule is CC(=O)O.COC(=O)C1=C(C)NC(C)=C(C(=O)OCCN(C)Cc2ccccc2)C1c1cccc([N+](=O)[O-])c1.COC(=O)C1=C(C)NC(C)=C(C(=O)OCCN(C)Cc2ccccc2)C1c1cccc([N+](=O)[O-])c1.Cl. The lowest BCUT2D eigenvalue weighted by Gasteiger charge is -2.30. The molecule has 0 aromatic heterocycles. The molecule has 2 unspecified atom stereocenters. The van der Waals surface area contributed by atoms with Crippen LogP contribution >= 0.6 is 12.4 Å². The fraction of sp³-hybridized carbons (Fsp3) is 0.315. The van der Waals surface area contributed by atoms with Crippen LogP contribution in [0.5, 0.6) is 0 Å². The number of non-ortho nitro benzene ring substituents is 2. The van der Waals surface area contributed by atoms with E-state index < -0.39 is 51.5 Å². The quantitative estimate of drug-likeness (QED) is 0.0370. The third kappa shape index (κ3) is 17.5. The number of allylic oxidation sites excluding steroid dienone is 4. The van der Waals surface area contributed by atoms with Gasteiger partial charge in [0.25, 0.3) is 17.3 Å². The zero-order valence-electron chi connectivity index (χ0n) is 43.2. The van der Waals surface area contributed by atoms with E-state index in [1.54, 1.807) is 39.8 Å². The fourth-order valence-corrected chi connectivity index (χ4v) is 8.28. The molecule has 0 saturated heterocycles. The molecular formula is C54H63ClN6O14. The van der Waals surface area contributed by atoms with Crippen LogP contribution in [0.1, 0.15) is 68.7 Å². The molecule has 4 aromatic carbocycles. The van der Waals surface area contributed by atoms with Gasteiger partial charge in [0.2, 0.25) is 0 Å². The number of nitrogens with one attached hydrogen (secondary N) is 2. The van der Waals surface area contributed by atoms with Gasteiger partial charge in [0.1, 0.15) is 13.2 Å². The highest BCUT2D eigenvalue weighted by molar-refractivity contribution is 6.01. The van der Waals surface area contributed by atoms with Crippen LogP contribution < -0.4 is 10.6 Å². The minimum Gasteiger partial charge on any atom is -0.481 e. The number of ether oxygens (including phenoxy) is 4. The van der Waals surface area contributed by atoms with Crippen molar-refractivity contribution in [2.24, 2.45) is 0 Å². The van der Waals surface area contributed by atoms with E-state index in [0.29, 0.717) is 60.1 Å². The molecule has 400 valence electrons. The van der Waals surface area contributed by atoms with Gasteiger partial charge >= 0.3 is 23.9 Å². The monoisotopic (exact) mass is 1050 g/mol. The van der Waals surface area contributed by atoms with Crippen molar-refractivity contribution in [3.63, 3.8) is 0 Å². The second kappa shape index (κ2) is 29.5. The predicted molar refractivity (Wildman–Crippen MR) is 281 cm³/mol. The number of nitrogens with zero attached hydrogens (tertiary/aromatic N) is 4. The number of nitro benzene ring substituents is 2. The lowest BCUT2D eigenvalue weighted by atomic mass is 9.80. The van der Waals surface area contributed by atoms with Gasteiger partial charge in [0, 0.05) is 80.2 Å². The van der Waals surface area contributed by atoms with Crippen LogP contribution in [0.25, 0.3) is 0 Å². The molecule has 0 aliphatic carbocycles. The molecule has 2 atom stereocenters. The number of likely N-dealkylation sites (N-methyl/N-ethyl adjacent to an activating group) is 2. The molecule has 0 amide bonds. The topological polar surface area (TPSA) is 259 Å². The van der Waals surface area contributed by atoms with Crippen LogP contribution in [-0.4, -0.2) is 109 Å². The minimum atomic E-state index is -0.877. The van der Waals surface area contributed by atoms with E-state index in [1.165, 1.54) is 50.6 Å². The normalized spacial score (nSPS) is 14.9. The van der Waals surface area contributed by atoms with E-state index in [0.717, 1.165) is 18.1 Å². The van der Waals surface area contributed by atoms with Gasteiger partial charge in [-0.3, -0.25) is 34.8 Å². The van der Waals surface area contributed by atoms with Gasteiger partial charge in [-0.25, -0.2) is 19.2 Å².